The van der Waals surface area contributed by atoms with Crippen molar-refractivity contribution in [3.8, 4) is 6.07 Å². The third-order valence-corrected chi connectivity index (χ3v) is 1.07. The average Bonchev–Trinajstić information content (AvgIpc) is 1.88. The van der Waals surface area contributed by atoms with Crippen LogP contribution in [0.4, 0.5) is 4.39 Å². The molecule has 3 nitrogen and oxygen atoms in total. The monoisotopic (exact) mass is 137 g/mol. The zero-order valence-electron chi connectivity index (χ0n) is 5.30. The molecule has 0 aliphatic carbocycles. The Labute approximate surface area is 57.2 Å². The summed E-state index contributed by atoms with van der Waals surface area (Å²) in [5, 5.41) is 8.36. The first-order valence-electron chi connectivity index (χ1n) is 2.63. The van der Waals surface area contributed by atoms with Crippen LogP contribution in [-0.4, -0.2) is 9.97 Å². The van der Waals surface area contributed by atoms with Crippen LogP contribution in [0, 0.1) is 24.3 Å². The molecule has 1 aromatic rings. The van der Waals surface area contributed by atoms with Crippen molar-refractivity contribution in [2.45, 2.75) is 6.92 Å². The number of aryl methyl sites for hydroxylation is 1. The molecular formula is C6H4FN3. The first-order chi connectivity index (χ1) is 4.74. The quantitative estimate of drug-likeness (QED) is 0.497. The Balaban J connectivity index is 3.23. The van der Waals surface area contributed by atoms with Gasteiger partial charge in [-0.25, -0.2) is 9.97 Å². The fourth-order valence-corrected chi connectivity index (χ4v) is 0.548. The number of nitriles is 1. The fraction of sp³-hybridized carbons (Fsp3) is 0.167. The van der Waals surface area contributed by atoms with Crippen LogP contribution < -0.4 is 0 Å². The van der Waals surface area contributed by atoms with Gasteiger partial charge in [0.15, 0.2) is 0 Å². The van der Waals surface area contributed by atoms with E-state index >= 15 is 0 Å². The third kappa shape index (κ3) is 1.08. The zero-order valence-corrected chi connectivity index (χ0v) is 5.30. The fourth-order valence-electron chi connectivity index (χ4n) is 0.548. The molecule has 4 heteroatoms. The second kappa shape index (κ2) is 2.40. The molecular weight excluding hydrogens is 133 g/mol. The third-order valence-electron chi connectivity index (χ3n) is 1.07. The topological polar surface area (TPSA) is 49.6 Å². The summed E-state index contributed by atoms with van der Waals surface area (Å²) in [7, 11) is 0. The van der Waals surface area contributed by atoms with Crippen LogP contribution in [0.25, 0.3) is 0 Å². The van der Waals surface area contributed by atoms with Crippen molar-refractivity contribution in [3.63, 3.8) is 0 Å². The minimum absolute atomic E-state index is 0.307. The summed E-state index contributed by atoms with van der Waals surface area (Å²) in [5.41, 5.74) is 0.677. The van der Waals surface area contributed by atoms with E-state index in [0.29, 0.717) is 11.3 Å². The molecule has 1 rings (SSSR count). The van der Waals surface area contributed by atoms with Crippen LogP contribution in [0.3, 0.4) is 0 Å². The highest BCUT2D eigenvalue weighted by molar-refractivity contribution is 5.28. The van der Waals surface area contributed by atoms with Crippen LogP contribution in [0.15, 0.2) is 6.20 Å². The molecule has 1 aromatic heterocycles. The van der Waals surface area contributed by atoms with Crippen LogP contribution >= 0.6 is 0 Å². The van der Waals surface area contributed by atoms with Gasteiger partial charge in [-0.1, -0.05) is 0 Å². The highest BCUT2D eigenvalue weighted by Gasteiger charge is 1.99. The lowest BCUT2D eigenvalue weighted by atomic mass is 10.3. The number of nitrogens with zero attached hydrogens (tertiary/aromatic N) is 3. The molecule has 0 unspecified atom stereocenters. The number of aromatic nitrogens is 2. The molecule has 1 heterocycles. The van der Waals surface area contributed by atoms with Gasteiger partial charge in [-0.2, -0.15) is 9.65 Å². The second-order valence-electron chi connectivity index (χ2n) is 1.75. The zero-order chi connectivity index (χ0) is 7.56. The van der Waals surface area contributed by atoms with Crippen LogP contribution in [-0.2, 0) is 0 Å². The lowest BCUT2D eigenvalue weighted by Crippen LogP contribution is -1.94. The van der Waals surface area contributed by atoms with Crippen LogP contribution in [0.1, 0.15) is 11.3 Å². The van der Waals surface area contributed by atoms with E-state index in [4.69, 9.17) is 5.26 Å². The van der Waals surface area contributed by atoms with Crippen molar-refractivity contribution >= 4 is 0 Å². The van der Waals surface area contributed by atoms with E-state index in [1.165, 1.54) is 0 Å². The van der Waals surface area contributed by atoms with Gasteiger partial charge < -0.3 is 0 Å². The van der Waals surface area contributed by atoms with E-state index < -0.39 is 6.08 Å². The molecule has 0 saturated heterocycles. The molecule has 0 atom stereocenters. The van der Waals surface area contributed by atoms with Gasteiger partial charge >= 0.3 is 6.08 Å². The highest BCUT2D eigenvalue weighted by Crippen LogP contribution is 1.99. The number of halogens is 1. The predicted molar refractivity (Wildman–Crippen MR) is 31.4 cm³/mol. The molecule has 50 valence electrons. The molecule has 0 N–H and O–H groups in total. The molecule has 0 aliphatic heterocycles. The molecule has 0 aromatic carbocycles. The Hall–Kier alpha value is -1.50. The summed E-state index contributed by atoms with van der Waals surface area (Å²) in [5.74, 6) is 0. The van der Waals surface area contributed by atoms with Crippen molar-refractivity contribution in [1.82, 2.24) is 9.97 Å². The molecule has 10 heavy (non-hydrogen) atoms. The summed E-state index contributed by atoms with van der Waals surface area (Å²) < 4.78 is 12.2. The number of hydrogen-bond donors (Lipinski definition) is 0. The van der Waals surface area contributed by atoms with Gasteiger partial charge in [-0.15, -0.1) is 0 Å². The maximum atomic E-state index is 12.2. The van der Waals surface area contributed by atoms with Crippen molar-refractivity contribution in [1.29, 1.82) is 5.26 Å². The van der Waals surface area contributed by atoms with Crippen molar-refractivity contribution in [3.05, 3.63) is 23.5 Å². The summed E-state index contributed by atoms with van der Waals surface area (Å²) in [6.07, 6.45) is 0.369. The normalized spacial score (nSPS) is 8.90. The second-order valence-corrected chi connectivity index (χ2v) is 1.75. The minimum atomic E-state index is -0.795. The van der Waals surface area contributed by atoms with Gasteiger partial charge in [-0.05, 0) is 6.92 Å². The SMILES string of the molecule is Cc1nc(F)ncc1C#N. The van der Waals surface area contributed by atoms with E-state index in [1.807, 2.05) is 6.07 Å². The van der Waals surface area contributed by atoms with E-state index in [0.717, 1.165) is 6.20 Å². The number of hydrogen-bond acceptors (Lipinski definition) is 3. The lowest BCUT2D eigenvalue weighted by Gasteiger charge is -1.91. The molecule has 0 saturated carbocycles. The van der Waals surface area contributed by atoms with Gasteiger partial charge in [0.25, 0.3) is 0 Å². The molecule has 0 aliphatic rings. The Bertz CT molecular complexity index is 290. The molecule has 0 amide bonds. The maximum Gasteiger partial charge on any atom is 0.308 e. The summed E-state index contributed by atoms with van der Waals surface area (Å²) in [6.45, 7) is 1.56. The summed E-state index contributed by atoms with van der Waals surface area (Å²) in [4.78, 5) is 6.55. The molecule has 0 fully saturated rings. The Kier molecular flexibility index (Phi) is 1.59. The summed E-state index contributed by atoms with van der Waals surface area (Å²) >= 11 is 0. The van der Waals surface area contributed by atoms with Gasteiger partial charge in [0.1, 0.15) is 6.07 Å². The van der Waals surface area contributed by atoms with Gasteiger partial charge in [0.2, 0.25) is 0 Å². The molecule has 0 radical (unpaired) electrons. The highest BCUT2D eigenvalue weighted by atomic mass is 19.1. The van der Waals surface area contributed by atoms with Gasteiger partial charge in [0, 0.05) is 0 Å². The minimum Gasteiger partial charge on any atom is -0.209 e. The molecule has 0 spiro atoms. The van der Waals surface area contributed by atoms with E-state index in [1.54, 1.807) is 6.92 Å². The average molecular weight is 137 g/mol. The van der Waals surface area contributed by atoms with Gasteiger partial charge in [-0.3, -0.25) is 0 Å². The first kappa shape index (κ1) is 6.62. The standard InChI is InChI=1S/C6H4FN3/c1-4-5(2-8)3-9-6(7)10-4/h3H,1H3. The van der Waals surface area contributed by atoms with Crippen LogP contribution in [0.2, 0.25) is 0 Å². The van der Waals surface area contributed by atoms with E-state index in [-0.39, 0.29) is 0 Å². The van der Waals surface area contributed by atoms with Crippen LogP contribution in [0.5, 0.6) is 0 Å². The smallest absolute Gasteiger partial charge is 0.209 e. The van der Waals surface area contributed by atoms with Crippen molar-refractivity contribution in [2.75, 3.05) is 0 Å². The summed E-state index contributed by atoms with van der Waals surface area (Å²) in [6, 6.07) is 1.83. The van der Waals surface area contributed by atoms with E-state index in [9.17, 15) is 4.39 Å². The van der Waals surface area contributed by atoms with Crippen molar-refractivity contribution < 1.29 is 4.39 Å². The van der Waals surface area contributed by atoms with Gasteiger partial charge in [0.05, 0.1) is 17.5 Å². The molecule has 0 bridgehead atoms. The van der Waals surface area contributed by atoms with Crippen molar-refractivity contribution in [2.24, 2.45) is 0 Å². The number of rotatable bonds is 0. The predicted octanol–water partition coefficient (Wildman–Crippen LogP) is 0.796. The largest absolute Gasteiger partial charge is 0.308 e. The lowest BCUT2D eigenvalue weighted by molar-refractivity contribution is 0.534. The maximum absolute atomic E-state index is 12.2. The Morgan fingerprint density at radius 3 is 2.90 bits per heavy atom. The Morgan fingerprint density at radius 1 is 1.70 bits per heavy atom. The first-order valence-corrected chi connectivity index (χ1v) is 2.63. The Morgan fingerprint density at radius 2 is 2.40 bits per heavy atom. The van der Waals surface area contributed by atoms with E-state index in [2.05, 4.69) is 9.97 Å².